The number of pyridine rings is 1. The van der Waals surface area contributed by atoms with Crippen LogP contribution in [0.25, 0.3) is 5.65 Å². The average molecular weight is 434 g/mol. The topological polar surface area (TPSA) is 68.0 Å². The molecule has 0 spiro atoms. The highest BCUT2D eigenvalue weighted by molar-refractivity contribution is 14.1. The number of aromatic nitrogens is 5. The molecule has 6 nitrogen and oxygen atoms in total. The average Bonchev–Trinajstić information content (AvgIpc) is 3.01. The number of nitrogens with one attached hydrogen (secondary N) is 1. The van der Waals surface area contributed by atoms with Crippen molar-refractivity contribution in [3.8, 4) is 0 Å². The SMILES string of the molecule is Cc1ncc(C)n2nc(CCc3ccc4c(n3)NC(I)CC4)nc12. The van der Waals surface area contributed by atoms with Gasteiger partial charge in [-0.15, -0.1) is 0 Å². The van der Waals surface area contributed by atoms with E-state index < -0.39 is 0 Å². The van der Waals surface area contributed by atoms with Gasteiger partial charge in [0, 0.05) is 18.3 Å². The third kappa shape index (κ3) is 2.97. The molecule has 0 amide bonds. The Bertz CT molecular complexity index is 864. The summed E-state index contributed by atoms with van der Waals surface area (Å²) in [5, 5.41) is 8.08. The van der Waals surface area contributed by atoms with Gasteiger partial charge in [-0.2, -0.15) is 5.10 Å². The van der Waals surface area contributed by atoms with E-state index in [0.29, 0.717) is 4.05 Å². The zero-order valence-corrected chi connectivity index (χ0v) is 15.9. The van der Waals surface area contributed by atoms with Crippen molar-refractivity contribution in [2.45, 2.75) is 43.6 Å². The molecule has 3 aromatic heterocycles. The Labute approximate surface area is 154 Å². The Morgan fingerprint density at radius 1 is 1.25 bits per heavy atom. The molecule has 1 aliphatic heterocycles. The first-order valence-corrected chi connectivity index (χ1v) is 9.42. The van der Waals surface area contributed by atoms with Gasteiger partial charge < -0.3 is 5.32 Å². The van der Waals surface area contributed by atoms with Crippen LogP contribution in [-0.2, 0) is 19.3 Å². The monoisotopic (exact) mass is 434 g/mol. The number of aryl methyl sites for hydroxylation is 5. The molecule has 3 aromatic rings. The first kappa shape index (κ1) is 15.7. The lowest BCUT2D eigenvalue weighted by atomic mass is 10.1. The molecular weight excluding hydrogens is 415 g/mol. The molecule has 124 valence electrons. The third-order valence-electron chi connectivity index (χ3n) is 4.36. The van der Waals surface area contributed by atoms with Gasteiger partial charge in [0.15, 0.2) is 11.5 Å². The maximum Gasteiger partial charge on any atom is 0.177 e. The fourth-order valence-electron chi connectivity index (χ4n) is 2.98. The summed E-state index contributed by atoms with van der Waals surface area (Å²) in [6.45, 7) is 3.96. The van der Waals surface area contributed by atoms with E-state index in [1.54, 1.807) is 0 Å². The predicted molar refractivity (Wildman–Crippen MR) is 102 cm³/mol. The molecule has 1 aliphatic rings. The van der Waals surface area contributed by atoms with Gasteiger partial charge in [0.25, 0.3) is 0 Å². The second kappa shape index (κ2) is 6.27. The first-order valence-electron chi connectivity index (χ1n) is 8.17. The third-order valence-corrected chi connectivity index (χ3v) is 5.29. The zero-order valence-electron chi connectivity index (χ0n) is 13.8. The molecule has 0 aliphatic carbocycles. The molecule has 0 fully saturated rings. The second-order valence-electron chi connectivity index (χ2n) is 6.21. The Balaban J connectivity index is 1.54. The van der Waals surface area contributed by atoms with E-state index in [2.05, 4.69) is 55.1 Å². The Kier molecular flexibility index (Phi) is 4.11. The van der Waals surface area contributed by atoms with E-state index in [1.807, 2.05) is 24.6 Å². The molecule has 0 aromatic carbocycles. The van der Waals surface area contributed by atoms with Crippen molar-refractivity contribution in [3.05, 3.63) is 46.8 Å². The number of fused-ring (bicyclic) bond motifs is 2. The van der Waals surface area contributed by atoms with E-state index >= 15 is 0 Å². The summed E-state index contributed by atoms with van der Waals surface area (Å²) in [5.41, 5.74) is 5.15. The quantitative estimate of drug-likeness (QED) is 0.390. The highest BCUT2D eigenvalue weighted by Gasteiger charge is 2.16. The molecule has 7 heteroatoms. The summed E-state index contributed by atoms with van der Waals surface area (Å²) in [5.74, 6) is 1.88. The van der Waals surface area contributed by atoms with E-state index in [-0.39, 0.29) is 0 Å². The Morgan fingerprint density at radius 3 is 2.96 bits per heavy atom. The lowest BCUT2D eigenvalue weighted by molar-refractivity contribution is 0.778. The number of anilines is 1. The number of halogens is 1. The largest absolute Gasteiger partial charge is 0.358 e. The van der Waals surface area contributed by atoms with Crippen LogP contribution in [0.5, 0.6) is 0 Å². The maximum absolute atomic E-state index is 4.78. The van der Waals surface area contributed by atoms with Crippen LogP contribution in [0.2, 0.25) is 0 Å². The minimum Gasteiger partial charge on any atom is -0.358 e. The molecule has 1 atom stereocenters. The Hall–Kier alpha value is -1.77. The van der Waals surface area contributed by atoms with Gasteiger partial charge in [-0.1, -0.05) is 28.7 Å². The minimum atomic E-state index is 0.469. The normalized spacial score (nSPS) is 16.9. The van der Waals surface area contributed by atoms with Gasteiger partial charge in [-0.25, -0.2) is 14.5 Å². The van der Waals surface area contributed by atoms with Crippen LogP contribution in [0.4, 0.5) is 5.82 Å². The first-order chi connectivity index (χ1) is 11.6. The Morgan fingerprint density at radius 2 is 2.12 bits per heavy atom. The molecular formula is C17H19IN6. The molecule has 0 saturated heterocycles. The number of alkyl halides is 1. The highest BCUT2D eigenvalue weighted by atomic mass is 127. The van der Waals surface area contributed by atoms with Crippen molar-refractivity contribution in [2.24, 2.45) is 0 Å². The highest BCUT2D eigenvalue weighted by Crippen LogP contribution is 2.26. The summed E-state index contributed by atoms with van der Waals surface area (Å²) in [4.78, 5) is 13.8. The van der Waals surface area contributed by atoms with Crippen molar-refractivity contribution in [1.82, 2.24) is 24.6 Å². The van der Waals surface area contributed by atoms with E-state index in [4.69, 9.17) is 4.98 Å². The lowest BCUT2D eigenvalue weighted by Gasteiger charge is -2.22. The number of hydrogen-bond donors (Lipinski definition) is 1. The van der Waals surface area contributed by atoms with Gasteiger partial charge in [0.05, 0.1) is 15.4 Å². The summed E-state index contributed by atoms with van der Waals surface area (Å²) < 4.78 is 2.34. The molecule has 4 heterocycles. The zero-order chi connectivity index (χ0) is 16.7. The van der Waals surface area contributed by atoms with Crippen LogP contribution in [0, 0.1) is 13.8 Å². The van der Waals surface area contributed by atoms with Crippen molar-refractivity contribution in [2.75, 3.05) is 5.32 Å². The predicted octanol–water partition coefficient (Wildman–Crippen LogP) is 3.04. The smallest absolute Gasteiger partial charge is 0.177 e. The summed E-state index contributed by atoms with van der Waals surface area (Å²) in [6, 6.07) is 4.32. The van der Waals surface area contributed by atoms with E-state index in [1.165, 1.54) is 5.56 Å². The van der Waals surface area contributed by atoms with Crippen molar-refractivity contribution >= 4 is 34.1 Å². The van der Waals surface area contributed by atoms with E-state index in [9.17, 15) is 0 Å². The molecule has 1 unspecified atom stereocenters. The molecule has 24 heavy (non-hydrogen) atoms. The van der Waals surface area contributed by atoms with Crippen molar-refractivity contribution < 1.29 is 0 Å². The molecule has 0 bridgehead atoms. The van der Waals surface area contributed by atoms with Crippen molar-refractivity contribution in [3.63, 3.8) is 0 Å². The van der Waals surface area contributed by atoms with Gasteiger partial charge >= 0.3 is 0 Å². The summed E-state index contributed by atoms with van der Waals surface area (Å²) in [7, 11) is 0. The van der Waals surface area contributed by atoms with E-state index in [0.717, 1.165) is 60.1 Å². The van der Waals surface area contributed by atoms with Crippen LogP contribution >= 0.6 is 22.6 Å². The fourth-order valence-corrected chi connectivity index (χ4v) is 3.59. The van der Waals surface area contributed by atoms with Gasteiger partial charge in [-0.3, -0.25) is 4.98 Å². The summed E-state index contributed by atoms with van der Waals surface area (Å²) >= 11 is 2.43. The van der Waals surface area contributed by atoms with Gasteiger partial charge in [0.1, 0.15) is 5.82 Å². The van der Waals surface area contributed by atoms with Crippen LogP contribution in [-0.4, -0.2) is 28.6 Å². The summed E-state index contributed by atoms with van der Waals surface area (Å²) in [6.07, 6.45) is 5.70. The second-order valence-corrected chi connectivity index (χ2v) is 7.71. The number of rotatable bonds is 3. The number of nitrogens with zero attached hydrogens (tertiary/aromatic N) is 5. The van der Waals surface area contributed by atoms with Crippen molar-refractivity contribution in [1.29, 1.82) is 0 Å². The molecule has 1 N–H and O–H groups in total. The molecule has 0 radical (unpaired) electrons. The van der Waals surface area contributed by atoms with Crippen LogP contribution in [0.1, 0.15) is 34.9 Å². The lowest BCUT2D eigenvalue weighted by Crippen LogP contribution is -2.20. The molecule has 0 saturated carbocycles. The van der Waals surface area contributed by atoms with Gasteiger partial charge in [-0.05, 0) is 44.7 Å². The van der Waals surface area contributed by atoms with Crippen LogP contribution < -0.4 is 5.32 Å². The molecule has 4 rings (SSSR count). The minimum absolute atomic E-state index is 0.469. The fraction of sp³-hybridized carbons (Fsp3) is 0.412. The number of hydrogen-bond acceptors (Lipinski definition) is 5. The van der Waals surface area contributed by atoms with Crippen LogP contribution in [0.3, 0.4) is 0 Å². The standard InChI is InChI=1S/C17H19IN6/c1-10-9-19-11(2)17-22-15(23-24(10)17)8-6-13-5-3-12-4-7-14(18)21-16(12)20-13/h3,5,9,14H,4,6-8H2,1-2H3,(H,20,21). The van der Waals surface area contributed by atoms with Crippen LogP contribution in [0.15, 0.2) is 18.3 Å². The maximum atomic E-state index is 4.78. The van der Waals surface area contributed by atoms with Gasteiger partial charge in [0.2, 0.25) is 0 Å².